The number of anilines is 1. The van der Waals surface area contributed by atoms with Gasteiger partial charge < -0.3 is 10.1 Å². The van der Waals surface area contributed by atoms with E-state index in [0.717, 1.165) is 45.0 Å². The molecule has 0 saturated carbocycles. The Kier molecular flexibility index (Phi) is 5.36. The molecule has 1 aromatic rings. The number of carbonyl (C=O) groups excluding carboxylic acids is 1. The highest BCUT2D eigenvalue weighted by Crippen LogP contribution is 2.10. The average Bonchev–Trinajstić information content (AvgIpc) is 2.47. The summed E-state index contributed by atoms with van der Waals surface area (Å²) in [6, 6.07) is 8.03. The van der Waals surface area contributed by atoms with Crippen LogP contribution in [-0.4, -0.2) is 43.7 Å². The summed E-state index contributed by atoms with van der Waals surface area (Å²) in [5.74, 6) is 0.0794. The topological polar surface area (TPSA) is 41.6 Å². The van der Waals surface area contributed by atoms with Gasteiger partial charge in [-0.3, -0.25) is 9.69 Å². The quantitative estimate of drug-likeness (QED) is 0.881. The molecule has 1 aliphatic heterocycles. The molecule has 1 fully saturated rings. The van der Waals surface area contributed by atoms with Crippen LogP contribution in [0.25, 0.3) is 0 Å². The van der Waals surface area contributed by atoms with Gasteiger partial charge in [-0.25, -0.2) is 0 Å². The van der Waals surface area contributed by atoms with E-state index >= 15 is 0 Å². The van der Waals surface area contributed by atoms with Crippen molar-refractivity contribution in [3.8, 4) is 0 Å². The third-order valence-corrected chi connectivity index (χ3v) is 3.40. The molecule has 1 heterocycles. The standard InChI is InChI=1S/C15H22N2O2/c1-2-13-3-5-14(6-4-13)16-15(18)7-8-17-9-11-19-12-10-17/h3-6H,2,7-12H2,1H3,(H,16,18). The van der Waals surface area contributed by atoms with E-state index in [-0.39, 0.29) is 5.91 Å². The number of morpholine rings is 1. The predicted molar refractivity (Wildman–Crippen MR) is 76.3 cm³/mol. The number of benzene rings is 1. The molecule has 1 aliphatic rings. The second kappa shape index (κ2) is 7.26. The smallest absolute Gasteiger partial charge is 0.225 e. The van der Waals surface area contributed by atoms with Gasteiger partial charge in [0.2, 0.25) is 5.91 Å². The zero-order valence-corrected chi connectivity index (χ0v) is 11.5. The molecule has 1 aromatic carbocycles. The SMILES string of the molecule is CCc1ccc(NC(=O)CCN2CCOCC2)cc1. The summed E-state index contributed by atoms with van der Waals surface area (Å²) in [7, 11) is 0. The number of nitrogens with one attached hydrogen (secondary N) is 1. The number of hydrogen-bond acceptors (Lipinski definition) is 3. The van der Waals surface area contributed by atoms with Crippen LogP contribution in [0.5, 0.6) is 0 Å². The lowest BCUT2D eigenvalue weighted by Gasteiger charge is -2.26. The molecule has 0 aromatic heterocycles. The third kappa shape index (κ3) is 4.65. The fourth-order valence-corrected chi connectivity index (χ4v) is 2.13. The van der Waals surface area contributed by atoms with E-state index in [2.05, 4.69) is 29.3 Å². The number of hydrogen-bond donors (Lipinski definition) is 1. The molecule has 0 radical (unpaired) electrons. The zero-order valence-electron chi connectivity index (χ0n) is 11.5. The maximum Gasteiger partial charge on any atom is 0.225 e. The molecule has 19 heavy (non-hydrogen) atoms. The van der Waals surface area contributed by atoms with Crippen LogP contribution in [0.1, 0.15) is 18.9 Å². The van der Waals surface area contributed by atoms with Crippen LogP contribution in [-0.2, 0) is 16.0 Å². The first-order chi connectivity index (χ1) is 9.28. The predicted octanol–water partition coefficient (Wildman–Crippen LogP) is 1.91. The molecule has 2 rings (SSSR count). The van der Waals surface area contributed by atoms with E-state index in [1.165, 1.54) is 5.56 Å². The lowest BCUT2D eigenvalue weighted by atomic mass is 10.1. The number of ether oxygens (including phenoxy) is 1. The van der Waals surface area contributed by atoms with Gasteiger partial charge in [0, 0.05) is 31.7 Å². The summed E-state index contributed by atoms with van der Waals surface area (Å²) in [6.45, 7) is 6.34. The van der Waals surface area contributed by atoms with Gasteiger partial charge in [-0.2, -0.15) is 0 Å². The van der Waals surface area contributed by atoms with E-state index in [1.54, 1.807) is 0 Å². The molecule has 4 nitrogen and oxygen atoms in total. The highest BCUT2D eigenvalue weighted by molar-refractivity contribution is 5.90. The van der Waals surface area contributed by atoms with Gasteiger partial charge in [-0.15, -0.1) is 0 Å². The molecule has 1 amide bonds. The molecule has 4 heteroatoms. The van der Waals surface area contributed by atoms with Crippen LogP contribution in [0.4, 0.5) is 5.69 Å². The largest absolute Gasteiger partial charge is 0.379 e. The lowest BCUT2D eigenvalue weighted by molar-refractivity contribution is -0.116. The first-order valence-corrected chi connectivity index (χ1v) is 6.97. The Labute approximate surface area is 114 Å². The summed E-state index contributed by atoms with van der Waals surface area (Å²) in [5.41, 5.74) is 2.16. The minimum absolute atomic E-state index is 0.0794. The Morgan fingerprint density at radius 3 is 2.58 bits per heavy atom. The number of carbonyl (C=O) groups is 1. The minimum atomic E-state index is 0.0794. The maximum atomic E-state index is 11.8. The highest BCUT2D eigenvalue weighted by Gasteiger charge is 2.11. The van der Waals surface area contributed by atoms with E-state index in [4.69, 9.17) is 4.74 Å². The van der Waals surface area contributed by atoms with Gasteiger partial charge in [-0.1, -0.05) is 19.1 Å². The molecular weight excluding hydrogens is 240 g/mol. The van der Waals surface area contributed by atoms with Crippen LogP contribution < -0.4 is 5.32 Å². The summed E-state index contributed by atoms with van der Waals surface area (Å²) in [6.07, 6.45) is 1.56. The van der Waals surface area contributed by atoms with Crippen LogP contribution in [0, 0.1) is 0 Å². The Bertz CT molecular complexity index is 397. The van der Waals surface area contributed by atoms with Crippen LogP contribution in [0.3, 0.4) is 0 Å². The number of amides is 1. The van der Waals surface area contributed by atoms with E-state index < -0.39 is 0 Å². The summed E-state index contributed by atoms with van der Waals surface area (Å²) in [5, 5.41) is 2.94. The van der Waals surface area contributed by atoms with Gasteiger partial charge in [-0.05, 0) is 24.1 Å². The fraction of sp³-hybridized carbons (Fsp3) is 0.533. The van der Waals surface area contributed by atoms with Crippen LogP contribution in [0.15, 0.2) is 24.3 Å². The van der Waals surface area contributed by atoms with Crippen molar-refractivity contribution >= 4 is 11.6 Å². The Morgan fingerprint density at radius 1 is 1.26 bits per heavy atom. The molecule has 1 saturated heterocycles. The molecule has 0 unspecified atom stereocenters. The summed E-state index contributed by atoms with van der Waals surface area (Å²) in [4.78, 5) is 14.1. The van der Waals surface area contributed by atoms with Crippen molar-refractivity contribution in [1.29, 1.82) is 0 Å². The number of aryl methyl sites for hydroxylation is 1. The zero-order chi connectivity index (χ0) is 13.5. The lowest BCUT2D eigenvalue weighted by Crippen LogP contribution is -2.38. The second-order valence-corrected chi connectivity index (χ2v) is 4.80. The van der Waals surface area contributed by atoms with E-state index in [1.807, 2.05) is 12.1 Å². The molecule has 0 aliphatic carbocycles. The van der Waals surface area contributed by atoms with Gasteiger partial charge in [0.15, 0.2) is 0 Å². The van der Waals surface area contributed by atoms with Crippen molar-refractivity contribution < 1.29 is 9.53 Å². The molecule has 0 spiro atoms. The summed E-state index contributed by atoms with van der Waals surface area (Å²) < 4.78 is 5.28. The Morgan fingerprint density at radius 2 is 1.95 bits per heavy atom. The van der Waals surface area contributed by atoms with Gasteiger partial charge >= 0.3 is 0 Å². The first-order valence-electron chi connectivity index (χ1n) is 6.97. The summed E-state index contributed by atoms with van der Waals surface area (Å²) >= 11 is 0. The van der Waals surface area contributed by atoms with Crippen molar-refractivity contribution in [2.45, 2.75) is 19.8 Å². The van der Waals surface area contributed by atoms with E-state index in [0.29, 0.717) is 6.42 Å². The minimum Gasteiger partial charge on any atom is -0.379 e. The Balaban J connectivity index is 1.73. The van der Waals surface area contributed by atoms with Gasteiger partial charge in [0.1, 0.15) is 0 Å². The number of nitrogens with zero attached hydrogens (tertiary/aromatic N) is 1. The fourth-order valence-electron chi connectivity index (χ4n) is 2.13. The highest BCUT2D eigenvalue weighted by atomic mass is 16.5. The number of rotatable bonds is 5. The van der Waals surface area contributed by atoms with E-state index in [9.17, 15) is 4.79 Å². The first kappa shape index (κ1) is 14.0. The van der Waals surface area contributed by atoms with Gasteiger partial charge in [0.05, 0.1) is 13.2 Å². The molecule has 0 atom stereocenters. The van der Waals surface area contributed by atoms with Crippen LogP contribution >= 0.6 is 0 Å². The third-order valence-electron chi connectivity index (χ3n) is 3.40. The molecular formula is C15H22N2O2. The van der Waals surface area contributed by atoms with Crippen molar-refractivity contribution in [3.05, 3.63) is 29.8 Å². The second-order valence-electron chi connectivity index (χ2n) is 4.80. The molecule has 0 bridgehead atoms. The normalized spacial score (nSPS) is 16.3. The molecule has 104 valence electrons. The molecule has 1 N–H and O–H groups in total. The van der Waals surface area contributed by atoms with Crippen molar-refractivity contribution in [2.24, 2.45) is 0 Å². The van der Waals surface area contributed by atoms with Crippen LogP contribution in [0.2, 0.25) is 0 Å². The van der Waals surface area contributed by atoms with Crippen molar-refractivity contribution in [2.75, 3.05) is 38.2 Å². The van der Waals surface area contributed by atoms with Crippen molar-refractivity contribution in [1.82, 2.24) is 4.90 Å². The van der Waals surface area contributed by atoms with Gasteiger partial charge in [0.25, 0.3) is 0 Å². The average molecular weight is 262 g/mol. The Hall–Kier alpha value is -1.39. The monoisotopic (exact) mass is 262 g/mol. The maximum absolute atomic E-state index is 11.8. The van der Waals surface area contributed by atoms with Crippen molar-refractivity contribution in [3.63, 3.8) is 0 Å².